The molecule has 0 spiro atoms. The van der Waals surface area contributed by atoms with Crippen molar-refractivity contribution in [2.24, 2.45) is 5.10 Å². The van der Waals surface area contributed by atoms with Gasteiger partial charge in [0.1, 0.15) is 23.8 Å². The van der Waals surface area contributed by atoms with Crippen molar-refractivity contribution in [3.8, 4) is 28.5 Å². The van der Waals surface area contributed by atoms with Gasteiger partial charge in [-0.15, -0.1) is 10.2 Å². The zero-order valence-corrected chi connectivity index (χ0v) is 17.3. The number of tetrazole rings is 1. The highest BCUT2D eigenvalue weighted by atomic mass is 16.6. The highest BCUT2D eigenvalue weighted by molar-refractivity contribution is 5.81. The lowest BCUT2D eigenvalue weighted by atomic mass is 10.1. The van der Waals surface area contributed by atoms with E-state index in [2.05, 4.69) is 25.9 Å². The molecular weight excluding hydrogens is 430 g/mol. The second-order valence-electron chi connectivity index (χ2n) is 6.64. The number of furan rings is 1. The molecule has 0 saturated carbocycles. The van der Waals surface area contributed by atoms with Crippen LogP contribution < -0.4 is 10.2 Å². The van der Waals surface area contributed by atoms with Gasteiger partial charge in [0, 0.05) is 5.56 Å². The Kier molecular flexibility index (Phi) is 6.16. The Morgan fingerprint density at radius 1 is 1.24 bits per heavy atom. The van der Waals surface area contributed by atoms with Crippen molar-refractivity contribution in [3.63, 3.8) is 0 Å². The van der Waals surface area contributed by atoms with Gasteiger partial charge >= 0.3 is 0 Å². The SMILES string of the molecule is COc1ccc(-c2ccc(C=NNC(=O)Cn3nnc(-c4ccccc4)n3)o2)c([N+](=O)[O-])c1. The number of nitrogens with zero attached hydrogens (tertiary/aromatic N) is 6. The number of hydrogen-bond acceptors (Lipinski definition) is 9. The number of methoxy groups -OCH3 is 1. The molecule has 1 N–H and O–H groups in total. The van der Waals surface area contributed by atoms with Crippen LogP contribution in [0.4, 0.5) is 5.69 Å². The number of benzene rings is 2. The molecule has 0 unspecified atom stereocenters. The summed E-state index contributed by atoms with van der Waals surface area (Å²) in [5, 5.41) is 27.1. The van der Waals surface area contributed by atoms with Crippen molar-refractivity contribution in [1.29, 1.82) is 0 Å². The van der Waals surface area contributed by atoms with E-state index in [1.807, 2.05) is 30.3 Å². The molecule has 0 bridgehead atoms. The van der Waals surface area contributed by atoms with Crippen molar-refractivity contribution in [3.05, 3.63) is 76.5 Å². The van der Waals surface area contributed by atoms with Crippen molar-refractivity contribution in [1.82, 2.24) is 25.6 Å². The minimum Gasteiger partial charge on any atom is -0.497 e. The summed E-state index contributed by atoms with van der Waals surface area (Å²) in [5.74, 6) is 0.862. The second-order valence-corrected chi connectivity index (χ2v) is 6.64. The molecule has 0 radical (unpaired) electrons. The second kappa shape index (κ2) is 9.51. The van der Waals surface area contributed by atoms with E-state index >= 15 is 0 Å². The minimum absolute atomic E-state index is 0.157. The Morgan fingerprint density at radius 2 is 2.06 bits per heavy atom. The fourth-order valence-corrected chi connectivity index (χ4v) is 2.91. The van der Waals surface area contributed by atoms with Crippen molar-refractivity contribution >= 4 is 17.8 Å². The number of nitro groups is 1. The van der Waals surface area contributed by atoms with Crippen LogP contribution in [0.1, 0.15) is 5.76 Å². The molecule has 4 rings (SSSR count). The van der Waals surface area contributed by atoms with Gasteiger partial charge in [-0.05, 0) is 29.5 Å². The summed E-state index contributed by atoms with van der Waals surface area (Å²) in [6.07, 6.45) is 1.28. The van der Waals surface area contributed by atoms with Crippen LogP contribution in [0.3, 0.4) is 0 Å². The molecule has 4 aromatic rings. The average molecular weight is 447 g/mol. The molecule has 0 aliphatic rings. The molecule has 33 heavy (non-hydrogen) atoms. The highest BCUT2D eigenvalue weighted by Crippen LogP contribution is 2.33. The fourth-order valence-electron chi connectivity index (χ4n) is 2.91. The van der Waals surface area contributed by atoms with E-state index in [0.717, 1.165) is 10.4 Å². The van der Waals surface area contributed by atoms with E-state index in [0.29, 0.717) is 17.3 Å². The lowest BCUT2D eigenvalue weighted by molar-refractivity contribution is -0.384. The highest BCUT2D eigenvalue weighted by Gasteiger charge is 2.19. The number of hydrazone groups is 1. The third-order valence-corrected chi connectivity index (χ3v) is 4.44. The Morgan fingerprint density at radius 3 is 2.82 bits per heavy atom. The summed E-state index contributed by atoms with van der Waals surface area (Å²) in [5.41, 5.74) is 3.26. The number of hydrogen-bond donors (Lipinski definition) is 1. The zero-order chi connectivity index (χ0) is 23.2. The Labute approximate surface area is 186 Å². The number of ether oxygens (including phenoxy) is 1. The van der Waals surface area contributed by atoms with E-state index in [4.69, 9.17) is 9.15 Å². The van der Waals surface area contributed by atoms with E-state index < -0.39 is 10.8 Å². The number of carbonyl (C=O) groups is 1. The van der Waals surface area contributed by atoms with Crippen LogP contribution >= 0.6 is 0 Å². The van der Waals surface area contributed by atoms with Crippen LogP contribution in [0.5, 0.6) is 5.75 Å². The first-order valence-electron chi connectivity index (χ1n) is 9.61. The van der Waals surface area contributed by atoms with Gasteiger partial charge < -0.3 is 9.15 Å². The normalized spacial score (nSPS) is 10.9. The number of rotatable bonds is 8. The summed E-state index contributed by atoms with van der Waals surface area (Å²) in [6, 6.07) is 16.8. The molecule has 2 aromatic heterocycles. The van der Waals surface area contributed by atoms with E-state index in [-0.39, 0.29) is 23.6 Å². The maximum atomic E-state index is 12.1. The first kappa shape index (κ1) is 21.4. The molecule has 2 heterocycles. The largest absolute Gasteiger partial charge is 0.497 e. The maximum absolute atomic E-state index is 12.1. The van der Waals surface area contributed by atoms with Gasteiger partial charge in [-0.1, -0.05) is 30.3 Å². The molecular formula is C21H17N7O5. The first-order chi connectivity index (χ1) is 16.0. The summed E-state index contributed by atoms with van der Waals surface area (Å²) in [4.78, 5) is 24.1. The molecule has 0 aliphatic heterocycles. The van der Waals surface area contributed by atoms with E-state index in [9.17, 15) is 14.9 Å². The molecule has 2 aromatic carbocycles. The van der Waals surface area contributed by atoms with Crippen LogP contribution in [0.2, 0.25) is 0 Å². The van der Waals surface area contributed by atoms with Crippen LogP contribution in [0.15, 0.2) is 70.2 Å². The smallest absolute Gasteiger partial charge is 0.284 e. The minimum atomic E-state index is -0.518. The van der Waals surface area contributed by atoms with Gasteiger partial charge in [0.25, 0.3) is 11.6 Å². The zero-order valence-electron chi connectivity index (χ0n) is 17.3. The molecule has 1 amide bonds. The first-order valence-corrected chi connectivity index (χ1v) is 9.61. The number of nitro benzene ring substituents is 1. The van der Waals surface area contributed by atoms with Crippen LogP contribution in [0, 0.1) is 10.1 Å². The molecule has 0 saturated heterocycles. The molecule has 12 heteroatoms. The molecule has 0 fully saturated rings. The lowest BCUT2D eigenvalue weighted by Gasteiger charge is -2.03. The summed E-state index contributed by atoms with van der Waals surface area (Å²) < 4.78 is 10.6. The molecule has 166 valence electrons. The topological polar surface area (TPSA) is 151 Å². The van der Waals surface area contributed by atoms with Crippen molar-refractivity contribution in [2.75, 3.05) is 7.11 Å². The van der Waals surface area contributed by atoms with Gasteiger partial charge in [-0.2, -0.15) is 9.90 Å². The Hall–Kier alpha value is -4.87. The third kappa shape index (κ3) is 5.07. The van der Waals surface area contributed by atoms with Crippen molar-refractivity contribution < 1.29 is 18.9 Å². The Bertz CT molecular complexity index is 1310. The predicted molar refractivity (Wildman–Crippen MR) is 116 cm³/mol. The maximum Gasteiger partial charge on any atom is 0.284 e. The van der Waals surface area contributed by atoms with Gasteiger partial charge in [0.15, 0.2) is 0 Å². The molecule has 12 nitrogen and oxygen atoms in total. The predicted octanol–water partition coefficient (Wildman–Crippen LogP) is 2.67. The van der Waals surface area contributed by atoms with E-state index in [1.165, 1.54) is 25.5 Å². The quantitative estimate of drug-likeness (QED) is 0.246. The standard InChI is InChI=1S/C21H17N7O5/c1-32-15-7-9-17(18(11-15)28(30)31)19-10-8-16(33-19)12-22-23-20(29)13-27-25-21(24-26-27)14-5-3-2-4-6-14/h2-12H,13H2,1H3,(H,23,29). The molecule has 0 aliphatic carbocycles. The summed E-state index contributed by atoms with van der Waals surface area (Å²) in [7, 11) is 1.43. The van der Waals surface area contributed by atoms with Crippen LogP contribution in [-0.4, -0.2) is 44.4 Å². The van der Waals surface area contributed by atoms with Crippen LogP contribution in [-0.2, 0) is 11.3 Å². The van der Waals surface area contributed by atoms with E-state index in [1.54, 1.807) is 18.2 Å². The van der Waals surface area contributed by atoms with Gasteiger partial charge in [-0.25, -0.2) is 5.43 Å². The number of nitrogens with one attached hydrogen (secondary N) is 1. The Balaban J connectivity index is 1.38. The van der Waals surface area contributed by atoms with Crippen molar-refractivity contribution in [2.45, 2.75) is 6.54 Å². The molecule has 0 atom stereocenters. The number of amides is 1. The summed E-state index contributed by atoms with van der Waals surface area (Å²) in [6.45, 7) is -0.182. The average Bonchev–Trinajstić information content (AvgIpc) is 3.49. The summed E-state index contributed by atoms with van der Waals surface area (Å²) >= 11 is 0. The van der Waals surface area contributed by atoms with Gasteiger partial charge in [-0.3, -0.25) is 14.9 Å². The van der Waals surface area contributed by atoms with Gasteiger partial charge in [0.2, 0.25) is 5.82 Å². The van der Waals surface area contributed by atoms with Crippen LogP contribution in [0.25, 0.3) is 22.7 Å². The number of carbonyl (C=O) groups excluding carboxylic acids is 1. The lowest BCUT2D eigenvalue weighted by Crippen LogP contribution is -2.24. The van der Waals surface area contributed by atoms with Gasteiger partial charge in [0.05, 0.1) is 29.9 Å². The third-order valence-electron chi connectivity index (χ3n) is 4.44. The monoisotopic (exact) mass is 447 g/mol. The fraction of sp³-hybridized carbons (Fsp3) is 0.0952. The number of aromatic nitrogens is 4.